The maximum absolute atomic E-state index is 12.9. The summed E-state index contributed by atoms with van der Waals surface area (Å²) in [6, 6.07) is 23.6. The summed E-state index contributed by atoms with van der Waals surface area (Å²) in [5.41, 5.74) is 2.55. The number of nitrogens with zero attached hydrogens (tertiary/aromatic N) is 1. The van der Waals surface area contributed by atoms with E-state index in [1.165, 1.54) is 0 Å². The molecule has 1 unspecified atom stereocenters. The lowest BCUT2D eigenvalue weighted by Crippen LogP contribution is -2.30. The van der Waals surface area contributed by atoms with E-state index in [0.29, 0.717) is 29.1 Å². The predicted octanol–water partition coefficient (Wildman–Crippen LogP) is 5.78. The van der Waals surface area contributed by atoms with Crippen LogP contribution in [0.2, 0.25) is 0 Å². The molecule has 0 aromatic heterocycles. The van der Waals surface area contributed by atoms with Crippen LogP contribution in [0.5, 0.6) is 5.75 Å². The van der Waals surface area contributed by atoms with Crippen LogP contribution in [0.25, 0.3) is 0 Å². The van der Waals surface area contributed by atoms with Gasteiger partial charge in [0.1, 0.15) is 5.75 Å². The Kier molecular flexibility index (Phi) is 7.44. The van der Waals surface area contributed by atoms with Gasteiger partial charge in [-0.1, -0.05) is 31.2 Å². The third-order valence-corrected chi connectivity index (χ3v) is 5.03. The fourth-order valence-corrected chi connectivity index (χ4v) is 3.13. The molecular weight excluding hydrogens is 388 g/mol. The highest BCUT2D eigenvalue weighted by Gasteiger charge is 2.16. The second-order valence-electron chi connectivity index (χ2n) is 7.28. The first-order valence-corrected chi connectivity index (χ1v) is 10.6. The highest BCUT2D eigenvalue weighted by molar-refractivity contribution is 6.07. The van der Waals surface area contributed by atoms with Crippen LogP contribution in [-0.4, -0.2) is 24.5 Å². The molecule has 0 radical (unpaired) electrons. The zero-order valence-electron chi connectivity index (χ0n) is 18.2. The molecule has 1 atom stereocenters. The van der Waals surface area contributed by atoms with E-state index in [1.54, 1.807) is 47.4 Å². The Bertz CT molecular complexity index is 1020. The van der Waals surface area contributed by atoms with Crippen molar-refractivity contribution >= 4 is 23.2 Å². The minimum absolute atomic E-state index is 0.0820. The topological polar surface area (TPSA) is 58.6 Å². The maximum atomic E-state index is 12.9. The molecule has 5 nitrogen and oxygen atoms in total. The van der Waals surface area contributed by atoms with Gasteiger partial charge in [0.2, 0.25) is 0 Å². The van der Waals surface area contributed by atoms with Gasteiger partial charge in [0.15, 0.2) is 0 Å². The molecule has 1 N–H and O–H groups in total. The Morgan fingerprint density at radius 1 is 0.903 bits per heavy atom. The van der Waals surface area contributed by atoms with Gasteiger partial charge in [-0.3, -0.25) is 9.59 Å². The maximum Gasteiger partial charge on any atom is 0.258 e. The van der Waals surface area contributed by atoms with E-state index in [0.717, 1.165) is 12.1 Å². The fourth-order valence-electron chi connectivity index (χ4n) is 3.13. The van der Waals surface area contributed by atoms with Gasteiger partial charge < -0.3 is 15.0 Å². The molecule has 3 rings (SSSR count). The summed E-state index contributed by atoms with van der Waals surface area (Å²) in [7, 11) is 0. The van der Waals surface area contributed by atoms with Gasteiger partial charge in [-0.15, -0.1) is 0 Å². The third kappa shape index (κ3) is 5.72. The summed E-state index contributed by atoms with van der Waals surface area (Å²) in [5, 5.41) is 2.87. The van der Waals surface area contributed by atoms with E-state index in [1.807, 2.05) is 50.2 Å². The van der Waals surface area contributed by atoms with Gasteiger partial charge in [0, 0.05) is 29.0 Å². The summed E-state index contributed by atoms with van der Waals surface area (Å²) < 4.78 is 5.79. The van der Waals surface area contributed by atoms with Crippen molar-refractivity contribution in [3.8, 4) is 5.75 Å². The molecular formula is C26H28N2O3. The predicted molar refractivity (Wildman–Crippen MR) is 125 cm³/mol. The average Bonchev–Trinajstić information content (AvgIpc) is 2.80. The third-order valence-electron chi connectivity index (χ3n) is 5.03. The average molecular weight is 417 g/mol. The Balaban J connectivity index is 1.68. The first kappa shape index (κ1) is 22.1. The Hall–Kier alpha value is -3.60. The summed E-state index contributed by atoms with van der Waals surface area (Å²) in [5.74, 6) is 0.359. The quantitative estimate of drug-likeness (QED) is 0.506. The highest BCUT2D eigenvalue weighted by atomic mass is 16.5. The first-order valence-electron chi connectivity index (χ1n) is 10.6. The standard InChI is InChI=1S/C26H28N2O3/c1-4-19(3)31-24-13-9-10-21(18-24)25(29)27-22-16-14-20(15-17-22)26(30)28(5-2)23-11-7-6-8-12-23/h6-19H,4-5H2,1-3H3,(H,27,29). The molecule has 160 valence electrons. The molecule has 0 aliphatic heterocycles. The number of hydrogen-bond acceptors (Lipinski definition) is 3. The number of anilines is 2. The molecule has 0 fully saturated rings. The zero-order chi connectivity index (χ0) is 22.2. The fraction of sp³-hybridized carbons (Fsp3) is 0.231. The number of nitrogens with one attached hydrogen (secondary N) is 1. The lowest BCUT2D eigenvalue weighted by molar-refractivity contribution is 0.0987. The molecule has 0 bridgehead atoms. The number of carbonyl (C=O) groups excluding carboxylic acids is 2. The number of ether oxygens (including phenoxy) is 1. The van der Waals surface area contributed by atoms with Gasteiger partial charge >= 0.3 is 0 Å². The van der Waals surface area contributed by atoms with Crippen molar-refractivity contribution in [3.05, 3.63) is 90.0 Å². The smallest absolute Gasteiger partial charge is 0.258 e. The van der Waals surface area contributed by atoms with Crippen LogP contribution in [0.3, 0.4) is 0 Å². The van der Waals surface area contributed by atoms with E-state index >= 15 is 0 Å². The molecule has 2 amide bonds. The normalized spacial score (nSPS) is 11.5. The lowest BCUT2D eigenvalue weighted by Gasteiger charge is -2.21. The SMILES string of the molecule is CCC(C)Oc1cccc(C(=O)Nc2ccc(C(=O)N(CC)c3ccccc3)cc2)c1. The minimum Gasteiger partial charge on any atom is -0.491 e. The van der Waals surface area contributed by atoms with E-state index in [-0.39, 0.29) is 17.9 Å². The molecule has 3 aromatic rings. The van der Waals surface area contributed by atoms with Gasteiger partial charge in [-0.25, -0.2) is 0 Å². The van der Waals surface area contributed by atoms with Gasteiger partial charge in [0.05, 0.1) is 6.10 Å². The second kappa shape index (κ2) is 10.4. The Morgan fingerprint density at radius 2 is 1.61 bits per heavy atom. The van der Waals surface area contributed by atoms with Crippen molar-refractivity contribution in [2.24, 2.45) is 0 Å². The number of hydrogen-bond donors (Lipinski definition) is 1. The van der Waals surface area contributed by atoms with Gasteiger partial charge in [0.25, 0.3) is 11.8 Å². The number of benzene rings is 3. The van der Waals surface area contributed by atoms with E-state index in [2.05, 4.69) is 12.2 Å². The van der Waals surface area contributed by atoms with Crippen LogP contribution < -0.4 is 15.0 Å². The van der Waals surface area contributed by atoms with Gasteiger partial charge in [-0.05, 0) is 74.9 Å². The van der Waals surface area contributed by atoms with Crippen LogP contribution in [0.4, 0.5) is 11.4 Å². The van der Waals surface area contributed by atoms with Crippen molar-refractivity contribution in [2.45, 2.75) is 33.3 Å². The summed E-state index contributed by atoms with van der Waals surface area (Å²) >= 11 is 0. The summed E-state index contributed by atoms with van der Waals surface area (Å²) in [4.78, 5) is 27.3. The van der Waals surface area contributed by atoms with E-state index in [9.17, 15) is 9.59 Å². The van der Waals surface area contributed by atoms with Crippen LogP contribution in [-0.2, 0) is 0 Å². The first-order chi connectivity index (χ1) is 15.0. The molecule has 3 aromatic carbocycles. The van der Waals surface area contributed by atoms with Gasteiger partial charge in [-0.2, -0.15) is 0 Å². The second-order valence-corrected chi connectivity index (χ2v) is 7.28. The van der Waals surface area contributed by atoms with E-state index in [4.69, 9.17) is 4.74 Å². The zero-order valence-corrected chi connectivity index (χ0v) is 18.2. The molecule has 0 heterocycles. The molecule has 0 saturated carbocycles. The van der Waals surface area contributed by atoms with Crippen molar-refractivity contribution in [1.29, 1.82) is 0 Å². The van der Waals surface area contributed by atoms with Crippen LogP contribution >= 0.6 is 0 Å². The number of para-hydroxylation sites is 1. The highest BCUT2D eigenvalue weighted by Crippen LogP contribution is 2.20. The number of carbonyl (C=O) groups is 2. The largest absolute Gasteiger partial charge is 0.491 e. The summed E-state index contributed by atoms with van der Waals surface area (Å²) in [6.07, 6.45) is 0.975. The monoisotopic (exact) mass is 416 g/mol. The molecule has 0 spiro atoms. The van der Waals surface area contributed by atoms with Crippen molar-refractivity contribution in [1.82, 2.24) is 0 Å². The van der Waals surface area contributed by atoms with E-state index < -0.39 is 0 Å². The number of amides is 2. The van der Waals surface area contributed by atoms with Crippen LogP contribution in [0.1, 0.15) is 47.9 Å². The summed E-state index contributed by atoms with van der Waals surface area (Å²) in [6.45, 7) is 6.55. The van der Waals surface area contributed by atoms with Crippen molar-refractivity contribution < 1.29 is 14.3 Å². The minimum atomic E-state index is -0.229. The molecule has 31 heavy (non-hydrogen) atoms. The van der Waals surface area contributed by atoms with Crippen molar-refractivity contribution in [3.63, 3.8) is 0 Å². The molecule has 0 aliphatic rings. The lowest BCUT2D eigenvalue weighted by atomic mass is 10.1. The van der Waals surface area contributed by atoms with Crippen LogP contribution in [0, 0.1) is 0 Å². The Morgan fingerprint density at radius 3 is 2.26 bits per heavy atom. The molecule has 5 heteroatoms. The van der Waals surface area contributed by atoms with Crippen molar-refractivity contribution in [2.75, 3.05) is 16.8 Å². The number of rotatable bonds is 8. The van der Waals surface area contributed by atoms with Crippen LogP contribution in [0.15, 0.2) is 78.9 Å². The Labute approximate surface area is 183 Å². The molecule has 0 saturated heterocycles. The molecule has 0 aliphatic carbocycles.